The fourth-order valence-corrected chi connectivity index (χ4v) is 7.52. The van der Waals surface area contributed by atoms with Gasteiger partial charge in [-0.15, -0.1) is 0 Å². The zero-order valence-electron chi connectivity index (χ0n) is 15.3. The topological polar surface area (TPSA) is 94.8 Å². The molecule has 0 aliphatic heterocycles. The zero-order valence-corrected chi connectivity index (χ0v) is 17.0. The maximum Gasteiger partial charge on any atom is 0.394 e. The predicted molar refractivity (Wildman–Crippen MR) is 116 cm³/mol. The first-order valence-electron chi connectivity index (χ1n) is 8.73. The zero-order chi connectivity index (χ0) is 20.5. The highest BCUT2D eigenvalue weighted by Gasteiger charge is 2.44. The third-order valence-electron chi connectivity index (χ3n) is 4.24. The number of benzene rings is 3. The van der Waals surface area contributed by atoms with Gasteiger partial charge in [-0.2, -0.15) is 8.42 Å². The molecule has 0 amide bonds. The van der Waals surface area contributed by atoms with Crippen molar-refractivity contribution in [2.75, 3.05) is 12.8 Å². The summed E-state index contributed by atoms with van der Waals surface area (Å²) in [6, 6.07) is 32.4. The molecule has 3 aromatic carbocycles. The van der Waals surface area contributed by atoms with E-state index in [2.05, 4.69) is 91.0 Å². The average molecular weight is 419 g/mol. The van der Waals surface area contributed by atoms with E-state index < -0.39 is 17.7 Å². The summed E-state index contributed by atoms with van der Waals surface area (Å²) < 4.78 is 31.6. The summed E-state index contributed by atoms with van der Waals surface area (Å²) in [6.07, 6.45) is 1.80. The summed E-state index contributed by atoms with van der Waals surface area (Å²) in [5.41, 5.74) is 0. The second-order valence-corrected chi connectivity index (χ2v) is 10.6. The van der Waals surface area contributed by atoms with E-state index in [1.54, 1.807) is 0 Å². The van der Waals surface area contributed by atoms with Gasteiger partial charge >= 0.3 is 10.4 Å². The second-order valence-electron chi connectivity index (χ2n) is 6.06. The second kappa shape index (κ2) is 10.5. The van der Waals surface area contributed by atoms with Gasteiger partial charge in [0.15, 0.2) is 0 Å². The van der Waals surface area contributed by atoms with Crippen LogP contribution in [0.15, 0.2) is 91.0 Å². The van der Waals surface area contributed by atoms with Crippen LogP contribution in [-0.2, 0) is 10.4 Å². The van der Waals surface area contributed by atoms with Gasteiger partial charge in [-0.3, -0.25) is 9.11 Å². The summed E-state index contributed by atoms with van der Waals surface area (Å²) in [6.45, 7) is 0.230. The highest BCUT2D eigenvalue weighted by molar-refractivity contribution is 7.95. The van der Waals surface area contributed by atoms with Gasteiger partial charge in [0, 0.05) is 13.0 Å². The van der Waals surface area contributed by atoms with Crippen LogP contribution in [0.4, 0.5) is 0 Å². The van der Waals surface area contributed by atoms with E-state index >= 15 is 0 Å². The molecule has 0 heterocycles. The summed E-state index contributed by atoms with van der Waals surface area (Å²) in [5, 5.41) is 13.6. The summed E-state index contributed by atoms with van der Waals surface area (Å²) in [5.74, 6) is 0. The van der Waals surface area contributed by atoms with Gasteiger partial charge in [0.1, 0.15) is 23.2 Å². The first-order valence-corrected chi connectivity index (χ1v) is 12.1. The van der Waals surface area contributed by atoms with Crippen molar-refractivity contribution < 1.29 is 22.6 Å². The largest absolute Gasteiger partial charge is 0.396 e. The SMILES string of the molecule is O=S(=O)(O)O.OCCC[P+](c1ccccc1)(c1ccccc1)c1ccccc1. The quantitative estimate of drug-likeness (QED) is 0.422. The molecule has 28 heavy (non-hydrogen) atoms. The third-order valence-corrected chi connectivity index (χ3v) is 8.77. The lowest BCUT2D eigenvalue weighted by atomic mass is 10.4. The highest BCUT2D eigenvalue weighted by Crippen LogP contribution is 2.55. The van der Waals surface area contributed by atoms with Crippen molar-refractivity contribution in [3.8, 4) is 0 Å². The van der Waals surface area contributed by atoms with Crippen LogP contribution in [0.5, 0.6) is 0 Å². The predicted octanol–water partition coefficient (Wildman–Crippen LogP) is 2.71. The molecule has 3 rings (SSSR count). The van der Waals surface area contributed by atoms with Crippen LogP contribution >= 0.6 is 7.26 Å². The summed E-state index contributed by atoms with van der Waals surface area (Å²) in [7, 11) is -6.40. The molecule has 3 N–H and O–H groups in total. The normalized spacial score (nSPS) is 11.4. The third kappa shape index (κ3) is 6.23. The number of aliphatic hydroxyl groups excluding tert-OH is 1. The lowest BCUT2D eigenvalue weighted by Gasteiger charge is -2.27. The molecule has 148 valence electrons. The van der Waals surface area contributed by atoms with E-state index in [4.69, 9.17) is 17.5 Å². The van der Waals surface area contributed by atoms with E-state index in [0.29, 0.717) is 0 Å². The van der Waals surface area contributed by atoms with Crippen molar-refractivity contribution in [3.05, 3.63) is 91.0 Å². The van der Waals surface area contributed by atoms with Gasteiger partial charge in [-0.1, -0.05) is 54.6 Å². The lowest BCUT2D eigenvalue weighted by Crippen LogP contribution is -2.33. The van der Waals surface area contributed by atoms with Gasteiger partial charge in [-0.05, 0) is 36.4 Å². The molecule has 0 atom stereocenters. The fraction of sp³-hybridized carbons (Fsp3) is 0.143. The summed E-state index contributed by atoms with van der Waals surface area (Å²) in [4.78, 5) is 0. The molecular formula is C21H24O5PS+. The van der Waals surface area contributed by atoms with Gasteiger partial charge in [0.25, 0.3) is 0 Å². The van der Waals surface area contributed by atoms with Crippen molar-refractivity contribution >= 4 is 33.6 Å². The van der Waals surface area contributed by atoms with E-state index in [1.165, 1.54) is 15.9 Å². The molecule has 0 aromatic heterocycles. The molecule has 0 fully saturated rings. The van der Waals surface area contributed by atoms with Crippen molar-refractivity contribution in [2.24, 2.45) is 0 Å². The van der Waals surface area contributed by atoms with Crippen LogP contribution in [0, 0.1) is 0 Å². The van der Waals surface area contributed by atoms with E-state index in [9.17, 15) is 5.11 Å². The molecule has 0 radical (unpaired) electrons. The van der Waals surface area contributed by atoms with Crippen molar-refractivity contribution in [2.45, 2.75) is 6.42 Å². The Morgan fingerprint density at radius 3 is 1.18 bits per heavy atom. The van der Waals surface area contributed by atoms with Crippen LogP contribution in [0.2, 0.25) is 0 Å². The van der Waals surface area contributed by atoms with Crippen molar-refractivity contribution in [1.29, 1.82) is 0 Å². The van der Waals surface area contributed by atoms with Gasteiger partial charge < -0.3 is 5.11 Å². The maximum atomic E-state index is 9.49. The van der Waals surface area contributed by atoms with Crippen LogP contribution in [0.3, 0.4) is 0 Å². The molecule has 5 nitrogen and oxygen atoms in total. The Bertz CT molecular complexity index is 828. The minimum atomic E-state index is -4.67. The molecule has 0 saturated carbocycles. The number of rotatable bonds is 6. The summed E-state index contributed by atoms with van der Waals surface area (Å²) >= 11 is 0. The molecule has 0 spiro atoms. The molecule has 7 heteroatoms. The van der Waals surface area contributed by atoms with Crippen LogP contribution in [0.25, 0.3) is 0 Å². The Morgan fingerprint density at radius 1 is 0.643 bits per heavy atom. The molecule has 3 aromatic rings. The van der Waals surface area contributed by atoms with Crippen LogP contribution in [0.1, 0.15) is 6.42 Å². The van der Waals surface area contributed by atoms with Crippen molar-refractivity contribution in [3.63, 3.8) is 0 Å². The van der Waals surface area contributed by atoms with Gasteiger partial charge in [0.05, 0.1) is 6.16 Å². The highest BCUT2D eigenvalue weighted by atomic mass is 32.3. The monoisotopic (exact) mass is 419 g/mol. The van der Waals surface area contributed by atoms with Crippen molar-refractivity contribution in [1.82, 2.24) is 0 Å². The van der Waals surface area contributed by atoms with E-state index in [1.807, 2.05) is 0 Å². The Hall–Kier alpha value is -2.08. The maximum absolute atomic E-state index is 9.49. The minimum Gasteiger partial charge on any atom is -0.396 e. The Kier molecular flexibility index (Phi) is 8.30. The molecular weight excluding hydrogens is 395 g/mol. The molecule has 0 unspecified atom stereocenters. The van der Waals surface area contributed by atoms with Crippen LogP contribution in [-0.4, -0.2) is 35.4 Å². The molecule has 0 bridgehead atoms. The van der Waals surface area contributed by atoms with E-state index in [-0.39, 0.29) is 6.61 Å². The molecule has 0 saturated heterocycles. The number of hydrogen-bond acceptors (Lipinski definition) is 3. The average Bonchev–Trinajstić information content (AvgIpc) is 2.70. The lowest BCUT2D eigenvalue weighted by molar-refractivity contribution is 0.296. The first-order chi connectivity index (χ1) is 13.4. The molecule has 0 aliphatic rings. The van der Waals surface area contributed by atoms with Crippen LogP contribution < -0.4 is 15.9 Å². The number of aliphatic hydroxyl groups is 1. The molecule has 0 aliphatic carbocycles. The standard InChI is InChI=1S/C21H22OP.H2O4S/c22-17-10-18-23(19-11-4-1-5-12-19,20-13-6-2-7-14-20)21-15-8-3-9-16-21;1-5(2,3)4/h1-9,11-16,22H,10,17-18H2;(H2,1,2,3,4)/q+1;. The Balaban J connectivity index is 0.000000500. The number of hydrogen-bond donors (Lipinski definition) is 3. The Morgan fingerprint density at radius 2 is 0.929 bits per heavy atom. The smallest absolute Gasteiger partial charge is 0.394 e. The minimum absolute atomic E-state index is 0.230. The van der Waals surface area contributed by atoms with Gasteiger partial charge in [-0.25, -0.2) is 0 Å². The first kappa shape index (κ1) is 22.2. The fourth-order valence-electron chi connectivity index (χ4n) is 3.19. The Labute approximate surface area is 166 Å². The van der Waals surface area contributed by atoms with E-state index in [0.717, 1.165) is 12.6 Å². The van der Waals surface area contributed by atoms with Gasteiger partial charge in [0.2, 0.25) is 0 Å².